The molecule has 23 heavy (non-hydrogen) atoms. The average Bonchev–Trinajstić information content (AvgIpc) is 2.44. The lowest BCUT2D eigenvalue weighted by Crippen LogP contribution is -2.29. The molecule has 8 nitrogen and oxygen atoms in total. The summed E-state index contributed by atoms with van der Waals surface area (Å²) in [6.07, 6.45) is 0. The molecule has 0 aliphatic carbocycles. The molecule has 0 saturated heterocycles. The molecule has 0 atom stereocenters. The number of amides is 2. The number of nitrogens with one attached hydrogen (secondary N) is 2. The second-order valence-electron chi connectivity index (χ2n) is 5.06. The predicted octanol–water partition coefficient (Wildman–Crippen LogP) is 0.263. The molecule has 0 aromatic heterocycles. The van der Waals surface area contributed by atoms with E-state index < -0.39 is 45.2 Å². The largest absolute Gasteiger partial charge is 0.480 e. The number of carbonyl (C=O) groups is 3. The van der Waals surface area contributed by atoms with Crippen molar-refractivity contribution in [3.05, 3.63) is 29.8 Å². The highest BCUT2D eigenvalue weighted by molar-refractivity contribution is 7.92. The van der Waals surface area contributed by atoms with Crippen molar-refractivity contribution in [2.45, 2.75) is 19.1 Å². The Morgan fingerprint density at radius 3 is 2.17 bits per heavy atom. The van der Waals surface area contributed by atoms with Crippen molar-refractivity contribution in [3.63, 3.8) is 0 Å². The topological polar surface area (TPSA) is 130 Å². The van der Waals surface area contributed by atoms with Gasteiger partial charge in [0.15, 0.2) is 9.84 Å². The van der Waals surface area contributed by atoms with E-state index >= 15 is 0 Å². The number of benzene rings is 1. The second kappa shape index (κ2) is 7.73. The minimum absolute atomic E-state index is 0.221. The van der Waals surface area contributed by atoms with Gasteiger partial charge in [-0.1, -0.05) is 0 Å². The van der Waals surface area contributed by atoms with E-state index in [2.05, 4.69) is 10.6 Å². The molecule has 0 saturated carbocycles. The summed E-state index contributed by atoms with van der Waals surface area (Å²) in [6.45, 7) is 2.49. The van der Waals surface area contributed by atoms with E-state index in [0.717, 1.165) is 0 Å². The molecule has 0 spiro atoms. The fraction of sp³-hybridized carbons (Fsp3) is 0.357. The highest BCUT2D eigenvalue weighted by Gasteiger charge is 2.20. The molecule has 0 radical (unpaired) electrons. The summed E-state index contributed by atoms with van der Waals surface area (Å²) < 4.78 is 23.3. The molecule has 1 aromatic rings. The molecule has 0 bridgehead atoms. The average molecular weight is 342 g/mol. The van der Waals surface area contributed by atoms with Crippen molar-refractivity contribution in [3.8, 4) is 0 Å². The van der Waals surface area contributed by atoms with Gasteiger partial charge in [-0.2, -0.15) is 0 Å². The fourth-order valence-corrected chi connectivity index (χ4v) is 2.28. The second-order valence-corrected chi connectivity index (χ2v) is 7.62. The normalized spacial score (nSPS) is 11.1. The van der Waals surface area contributed by atoms with E-state index in [4.69, 9.17) is 5.11 Å². The SMILES string of the molecule is CC(C)S(=O)(=O)CC(=O)Nc1ccc(C(=O)NCC(=O)O)cc1. The Hall–Kier alpha value is -2.42. The third kappa shape index (κ3) is 6.07. The summed E-state index contributed by atoms with van der Waals surface area (Å²) in [5, 5.41) is 12.5. The number of hydrogen-bond donors (Lipinski definition) is 3. The molecular formula is C14H18N2O6S. The molecule has 0 aliphatic rings. The van der Waals surface area contributed by atoms with Crippen LogP contribution in [0.1, 0.15) is 24.2 Å². The van der Waals surface area contributed by atoms with Crippen LogP contribution in [0.3, 0.4) is 0 Å². The Labute approximate surface area is 133 Å². The third-order valence-corrected chi connectivity index (χ3v) is 4.98. The Bertz CT molecular complexity index is 694. The molecule has 0 heterocycles. The number of carboxylic acid groups (broad SMARTS) is 1. The number of carbonyl (C=O) groups excluding carboxylic acids is 2. The Balaban J connectivity index is 2.65. The van der Waals surface area contributed by atoms with Crippen LogP contribution in [0.5, 0.6) is 0 Å². The van der Waals surface area contributed by atoms with Crippen LogP contribution in [0.2, 0.25) is 0 Å². The first-order chi connectivity index (χ1) is 10.6. The van der Waals surface area contributed by atoms with Gasteiger partial charge in [-0.15, -0.1) is 0 Å². The van der Waals surface area contributed by atoms with E-state index in [-0.39, 0.29) is 5.56 Å². The summed E-state index contributed by atoms with van der Waals surface area (Å²) >= 11 is 0. The molecule has 1 aromatic carbocycles. The minimum Gasteiger partial charge on any atom is -0.480 e. The Morgan fingerprint density at radius 2 is 1.70 bits per heavy atom. The zero-order valence-electron chi connectivity index (χ0n) is 12.7. The first kappa shape index (κ1) is 18.6. The van der Waals surface area contributed by atoms with Gasteiger partial charge in [0.1, 0.15) is 12.3 Å². The van der Waals surface area contributed by atoms with Crippen molar-refractivity contribution in [2.24, 2.45) is 0 Å². The van der Waals surface area contributed by atoms with Crippen LogP contribution in [0, 0.1) is 0 Å². The quantitative estimate of drug-likeness (QED) is 0.652. The van der Waals surface area contributed by atoms with Gasteiger partial charge in [0.05, 0.1) is 5.25 Å². The van der Waals surface area contributed by atoms with Crippen molar-refractivity contribution in [1.82, 2.24) is 5.32 Å². The molecule has 9 heteroatoms. The monoisotopic (exact) mass is 342 g/mol. The van der Waals surface area contributed by atoms with Gasteiger partial charge in [-0.25, -0.2) is 8.42 Å². The van der Waals surface area contributed by atoms with Gasteiger partial charge >= 0.3 is 5.97 Å². The lowest BCUT2D eigenvalue weighted by Gasteiger charge is -2.09. The molecule has 0 aliphatic heterocycles. The summed E-state index contributed by atoms with van der Waals surface area (Å²) in [5.41, 5.74) is 0.558. The fourth-order valence-electron chi connectivity index (χ4n) is 1.51. The summed E-state index contributed by atoms with van der Waals surface area (Å²) in [6, 6.07) is 5.64. The molecule has 1 rings (SSSR count). The molecule has 126 valence electrons. The van der Waals surface area contributed by atoms with Crippen molar-refractivity contribution in [2.75, 3.05) is 17.6 Å². The maximum Gasteiger partial charge on any atom is 0.322 e. The van der Waals surface area contributed by atoms with Gasteiger partial charge < -0.3 is 15.7 Å². The van der Waals surface area contributed by atoms with Crippen LogP contribution in [-0.4, -0.2) is 48.9 Å². The molecule has 0 unspecified atom stereocenters. The predicted molar refractivity (Wildman–Crippen MR) is 84.0 cm³/mol. The number of carboxylic acids is 1. The third-order valence-electron chi connectivity index (χ3n) is 2.88. The standard InChI is InChI=1S/C14H18N2O6S/c1-9(2)23(21,22)8-12(17)16-11-5-3-10(4-6-11)14(20)15-7-13(18)19/h3-6,9H,7-8H2,1-2H3,(H,15,20)(H,16,17)(H,18,19). The first-order valence-corrected chi connectivity index (χ1v) is 8.45. The van der Waals surface area contributed by atoms with E-state index in [1.165, 1.54) is 38.1 Å². The maximum absolute atomic E-state index is 11.7. The van der Waals surface area contributed by atoms with Crippen LogP contribution >= 0.6 is 0 Å². The van der Waals surface area contributed by atoms with Crippen molar-refractivity contribution >= 4 is 33.3 Å². The van der Waals surface area contributed by atoms with Crippen molar-refractivity contribution in [1.29, 1.82) is 0 Å². The molecular weight excluding hydrogens is 324 g/mol. The first-order valence-electron chi connectivity index (χ1n) is 6.73. The lowest BCUT2D eigenvalue weighted by molar-refractivity contribution is -0.135. The van der Waals surface area contributed by atoms with Gasteiger partial charge in [-0.3, -0.25) is 14.4 Å². The number of hydrogen-bond acceptors (Lipinski definition) is 5. The zero-order chi connectivity index (χ0) is 17.6. The van der Waals surface area contributed by atoms with E-state index in [9.17, 15) is 22.8 Å². The molecule has 2 amide bonds. The van der Waals surface area contributed by atoms with Crippen LogP contribution in [-0.2, 0) is 19.4 Å². The van der Waals surface area contributed by atoms with Crippen LogP contribution in [0.25, 0.3) is 0 Å². The number of sulfone groups is 1. The van der Waals surface area contributed by atoms with Gasteiger partial charge in [-0.05, 0) is 38.1 Å². The van der Waals surface area contributed by atoms with Gasteiger partial charge in [0, 0.05) is 11.3 Å². The minimum atomic E-state index is -3.49. The van der Waals surface area contributed by atoms with Crippen molar-refractivity contribution < 1.29 is 27.9 Å². The lowest BCUT2D eigenvalue weighted by atomic mass is 10.2. The van der Waals surface area contributed by atoms with E-state index in [1.807, 2.05) is 0 Å². The van der Waals surface area contributed by atoms with Gasteiger partial charge in [0.25, 0.3) is 5.91 Å². The number of aliphatic carboxylic acids is 1. The summed E-state index contributed by atoms with van der Waals surface area (Å²) in [5.74, 6) is -3.01. The number of anilines is 1. The highest BCUT2D eigenvalue weighted by Crippen LogP contribution is 2.10. The molecule has 3 N–H and O–H groups in total. The van der Waals surface area contributed by atoms with Crippen LogP contribution in [0.15, 0.2) is 24.3 Å². The maximum atomic E-state index is 11.7. The Kier molecular flexibility index (Phi) is 6.26. The smallest absolute Gasteiger partial charge is 0.322 e. The van der Waals surface area contributed by atoms with Crippen LogP contribution < -0.4 is 10.6 Å². The zero-order valence-corrected chi connectivity index (χ0v) is 13.5. The number of rotatable bonds is 7. The van der Waals surface area contributed by atoms with E-state index in [1.54, 1.807) is 0 Å². The van der Waals surface area contributed by atoms with E-state index in [0.29, 0.717) is 5.69 Å². The van der Waals surface area contributed by atoms with Gasteiger partial charge in [0.2, 0.25) is 5.91 Å². The Morgan fingerprint density at radius 1 is 1.13 bits per heavy atom. The summed E-state index contributed by atoms with van der Waals surface area (Å²) in [7, 11) is -3.49. The molecule has 0 fully saturated rings. The highest BCUT2D eigenvalue weighted by atomic mass is 32.2. The summed E-state index contributed by atoms with van der Waals surface area (Å²) in [4.78, 5) is 33.7. The van der Waals surface area contributed by atoms with Crippen LogP contribution in [0.4, 0.5) is 5.69 Å².